The normalized spacial score (nSPS) is 19.6. The van der Waals surface area contributed by atoms with E-state index in [0.29, 0.717) is 33.7 Å². The number of aromatic nitrogens is 4. The number of carbonyl (C=O) groups is 2. The van der Waals surface area contributed by atoms with Gasteiger partial charge in [-0.1, -0.05) is 11.8 Å². The average Bonchev–Trinajstić information content (AvgIpc) is 3.28. The van der Waals surface area contributed by atoms with Crippen LogP contribution in [0.15, 0.2) is 45.6 Å². The van der Waals surface area contributed by atoms with E-state index >= 15 is 0 Å². The van der Waals surface area contributed by atoms with Gasteiger partial charge in [0.2, 0.25) is 11.1 Å². The van der Waals surface area contributed by atoms with Gasteiger partial charge in [0.05, 0.1) is 11.5 Å². The summed E-state index contributed by atoms with van der Waals surface area (Å²) in [6, 6.07) is 5.39. The number of nitro benzene ring substituents is 1. The number of rotatable bonds is 11. The van der Waals surface area contributed by atoms with Gasteiger partial charge < -0.3 is 10.0 Å². The van der Waals surface area contributed by atoms with E-state index in [1.807, 2.05) is 19.0 Å². The standard InChI is InChI=1S/C19H22N8O5S3/c1-24(2)7-8-25-19(20-22-23-25)34-10-11-9-33-17-14(16(28)26(17)15(11)18(29)30)21-35-13-5-3-12(4-6-13)27(31)32/h3-6,14,17,21H,7-10H2,1-2H3,(H,29,30). The first-order valence-corrected chi connectivity index (χ1v) is 13.2. The summed E-state index contributed by atoms with van der Waals surface area (Å²) in [6.07, 6.45) is 0. The molecule has 13 nitrogen and oxygen atoms in total. The van der Waals surface area contributed by atoms with Crippen LogP contribution >= 0.6 is 35.5 Å². The molecule has 2 N–H and O–H groups in total. The molecule has 2 atom stereocenters. The number of likely N-dealkylation sites (N-methyl/N-ethyl adjacent to an activating group) is 1. The zero-order valence-electron chi connectivity index (χ0n) is 18.7. The van der Waals surface area contributed by atoms with Crippen molar-refractivity contribution in [1.29, 1.82) is 0 Å². The summed E-state index contributed by atoms with van der Waals surface area (Å²) in [5.74, 6) is -0.661. The van der Waals surface area contributed by atoms with Gasteiger partial charge in [-0.25, -0.2) is 14.2 Å². The highest BCUT2D eigenvalue weighted by atomic mass is 32.2. The third-order valence-electron chi connectivity index (χ3n) is 5.23. The molecule has 2 aromatic rings. The molecule has 1 aromatic heterocycles. The fraction of sp³-hybridized carbons (Fsp3) is 0.421. The lowest BCUT2D eigenvalue weighted by molar-refractivity contribution is -0.384. The van der Waals surface area contributed by atoms with Crippen molar-refractivity contribution in [3.8, 4) is 0 Å². The summed E-state index contributed by atoms with van der Waals surface area (Å²) in [5, 5.41) is 32.6. The number of aliphatic carboxylic acids is 1. The Morgan fingerprint density at radius 3 is 2.77 bits per heavy atom. The van der Waals surface area contributed by atoms with Crippen molar-refractivity contribution in [2.45, 2.75) is 28.0 Å². The molecule has 1 fully saturated rings. The minimum atomic E-state index is -1.15. The molecule has 35 heavy (non-hydrogen) atoms. The second-order valence-corrected chi connectivity index (χ2v) is 10.9. The van der Waals surface area contributed by atoms with Crippen molar-refractivity contribution in [3.63, 3.8) is 0 Å². The predicted molar refractivity (Wildman–Crippen MR) is 131 cm³/mol. The number of nitro groups is 1. The molecule has 2 aliphatic heterocycles. The fourth-order valence-corrected chi connectivity index (χ4v) is 6.66. The van der Waals surface area contributed by atoms with Crippen molar-refractivity contribution in [3.05, 3.63) is 45.6 Å². The summed E-state index contributed by atoms with van der Waals surface area (Å²) in [6.45, 7) is 1.36. The number of amides is 1. The SMILES string of the molecule is CN(C)CCn1nnnc1SCC1=C(C(=O)O)N2C(=O)C(NSc3ccc([N+](=O)[O-])cc3)C2SC1. The van der Waals surface area contributed by atoms with Crippen LogP contribution in [0.25, 0.3) is 0 Å². The zero-order chi connectivity index (χ0) is 25.1. The maximum Gasteiger partial charge on any atom is 0.352 e. The van der Waals surface area contributed by atoms with Crippen LogP contribution in [0.4, 0.5) is 5.69 Å². The largest absolute Gasteiger partial charge is 0.477 e. The van der Waals surface area contributed by atoms with Crippen LogP contribution < -0.4 is 4.72 Å². The van der Waals surface area contributed by atoms with Gasteiger partial charge in [0, 0.05) is 35.1 Å². The van der Waals surface area contributed by atoms with Crippen LogP contribution in [-0.2, 0) is 16.1 Å². The fourth-order valence-electron chi connectivity index (χ4n) is 3.42. The van der Waals surface area contributed by atoms with E-state index in [2.05, 4.69) is 20.2 Å². The van der Waals surface area contributed by atoms with Gasteiger partial charge in [-0.3, -0.25) is 19.8 Å². The van der Waals surface area contributed by atoms with E-state index in [4.69, 9.17) is 0 Å². The van der Waals surface area contributed by atoms with Crippen LogP contribution in [0.5, 0.6) is 0 Å². The molecular formula is C19H22N8O5S3. The number of fused-ring (bicyclic) bond motifs is 1. The third-order valence-corrected chi connectivity index (χ3v) is 8.50. The lowest BCUT2D eigenvalue weighted by Gasteiger charge is -2.49. The highest BCUT2D eigenvalue weighted by molar-refractivity contribution is 8.01. The quantitative estimate of drug-likeness (QED) is 0.138. The molecule has 1 amide bonds. The van der Waals surface area contributed by atoms with Gasteiger partial charge in [0.1, 0.15) is 17.1 Å². The topological polar surface area (TPSA) is 160 Å². The Labute approximate surface area is 212 Å². The minimum Gasteiger partial charge on any atom is -0.477 e. The Hall–Kier alpha value is -2.66. The number of benzene rings is 1. The number of tetrazole rings is 1. The van der Waals surface area contributed by atoms with Gasteiger partial charge in [0.25, 0.3) is 5.69 Å². The summed E-state index contributed by atoms with van der Waals surface area (Å²) < 4.78 is 4.75. The molecule has 2 aliphatic rings. The second-order valence-electron chi connectivity index (χ2n) is 7.89. The first-order chi connectivity index (χ1) is 16.8. The van der Waals surface area contributed by atoms with E-state index in [1.165, 1.54) is 52.5 Å². The van der Waals surface area contributed by atoms with Crippen LogP contribution in [0.2, 0.25) is 0 Å². The van der Waals surface area contributed by atoms with E-state index < -0.39 is 16.9 Å². The Morgan fingerprint density at radius 1 is 1.37 bits per heavy atom. The van der Waals surface area contributed by atoms with Crippen molar-refractivity contribution in [2.24, 2.45) is 0 Å². The Kier molecular flexibility index (Phi) is 7.95. The molecule has 0 saturated carbocycles. The number of carboxylic acid groups (broad SMARTS) is 1. The third kappa shape index (κ3) is 5.61. The van der Waals surface area contributed by atoms with Crippen molar-refractivity contribution >= 4 is 53.0 Å². The molecule has 1 saturated heterocycles. The number of hydrogen-bond donors (Lipinski definition) is 2. The van der Waals surface area contributed by atoms with Gasteiger partial charge in [0.15, 0.2) is 0 Å². The molecule has 186 valence electrons. The van der Waals surface area contributed by atoms with Gasteiger partial charge in [-0.15, -0.1) is 16.9 Å². The molecule has 2 unspecified atom stereocenters. The number of nitrogens with one attached hydrogen (secondary N) is 1. The number of thioether (sulfide) groups is 2. The predicted octanol–water partition coefficient (Wildman–Crippen LogP) is 1.15. The van der Waals surface area contributed by atoms with Crippen molar-refractivity contribution in [2.75, 3.05) is 32.1 Å². The van der Waals surface area contributed by atoms with Crippen LogP contribution in [0.1, 0.15) is 0 Å². The number of nitrogens with zero attached hydrogens (tertiary/aromatic N) is 7. The molecule has 4 rings (SSSR count). The maximum atomic E-state index is 12.9. The first-order valence-electron chi connectivity index (χ1n) is 10.4. The number of carbonyl (C=O) groups excluding carboxylic acids is 1. The highest BCUT2D eigenvalue weighted by Crippen LogP contribution is 2.42. The lowest BCUT2D eigenvalue weighted by Crippen LogP contribution is -2.68. The molecule has 0 bridgehead atoms. The first kappa shape index (κ1) is 25.4. The average molecular weight is 539 g/mol. The molecular weight excluding hydrogens is 516 g/mol. The minimum absolute atomic E-state index is 0.0111. The molecule has 3 heterocycles. The number of carboxylic acids is 1. The monoisotopic (exact) mass is 538 g/mol. The van der Waals surface area contributed by atoms with Crippen molar-refractivity contribution < 1.29 is 19.6 Å². The van der Waals surface area contributed by atoms with Crippen LogP contribution in [0, 0.1) is 10.1 Å². The van der Waals surface area contributed by atoms with E-state index in [0.717, 1.165) is 6.54 Å². The van der Waals surface area contributed by atoms with Crippen LogP contribution in [-0.4, -0.2) is 95.5 Å². The zero-order valence-corrected chi connectivity index (χ0v) is 21.2. The summed E-state index contributed by atoms with van der Waals surface area (Å²) in [4.78, 5) is 39.3. The molecule has 0 aliphatic carbocycles. The molecule has 0 radical (unpaired) electrons. The van der Waals surface area contributed by atoms with Crippen molar-refractivity contribution in [1.82, 2.24) is 34.7 Å². The van der Waals surface area contributed by atoms with Gasteiger partial charge in [-0.2, -0.15) is 0 Å². The summed E-state index contributed by atoms with van der Waals surface area (Å²) in [5.41, 5.74) is 0.633. The smallest absolute Gasteiger partial charge is 0.352 e. The van der Waals surface area contributed by atoms with E-state index in [9.17, 15) is 24.8 Å². The molecule has 0 spiro atoms. The summed E-state index contributed by atoms with van der Waals surface area (Å²) >= 11 is 4.01. The molecule has 1 aromatic carbocycles. The van der Waals surface area contributed by atoms with Gasteiger partial charge in [-0.05, 0) is 54.2 Å². The molecule has 16 heteroatoms. The van der Waals surface area contributed by atoms with E-state index in [1.54, 1.807) is 16.8 Å². The Bertz CT molecular complexity index is 1160. The Balaban J connectivity index is 1.40. The maximum absolute atomic E-state index is 12.9. The van der Waals surface area contributed by atoms with Crippen LogP contribution in [0.3, 0.4) is 0 Å². The number of β-lactam (4-membered cyclic amide) rings is 1. The lowest BCUT2D eigenvalue weighted by atomic mass is 10.0. The summed E-state index contributed by atoms with van der Waals surface area (Å²) in [7, 11) is 3.90. The van der Waals surface area contributed by atoms with E-state index in [-0.39, 0.29) is 22.7 Å². The van der Waals surface area contributed by atoms with Gasteiger partial charge >= 0.3 is 5.97 Å². The Morgan fingerprint density at radius 2 is 2.11 bits per heavy atom. The number of hydrogen-bond acceptors (Lipinski definition) is 12. The second kappa shape index (κ2) is 10.9. The number of non-ortho nitro benzene ring substituents is 1. The highest BCUT2D eigenvalue weighted by Gasteiger charge is 2.53.